The Morgan fingerprint density at radius 3 is 3.30 bits per heavy atom. The Labute approximate surface area is 60.1 Å². The first-order valence-electron chi connectivity index (χ1n) is 3.34. The smallest absolute Gasteiger partial charge is 0.246 e. The van der Waals surface area contributed by atoms with Gasteiger partial charge in [-0.1, -0.05) is 6.08 Å². The molecule has 1 aliphatic heterocycles. The quantitative estimate of drug-likeness (QED) is 0.525. The summed E-state index contributed by atoms with van der Waals surface area (Å²) in [7, 11) is 0. The molecule has 0 aromatic rings. The third-order valence-corrected chi connectivity index (χ3v) is 1.44. The highest BCUT2D eigenvalue weighted by molar-refractivity contribution is 5.77. The molecule has 1 N–H and O–H groups in total. The molecule has 0 radical (unpaired) electrons. The molecule has 3 nitrogen and oxygen atoms in total. The van der Waals surface area contributed by atoms with Crippen molar-refractivity contribution >= 4 is 5.91 Å². The summed E-state index contributed by atoms with van der Waals surface area (Å²) in [5, 5.41) is 2.70. The van der Waals surface area contributed by atoms with E-state index in [0.717, 1.165) is 6.42 Å². The summed E-state index contributed by atoms with van der Waals surface area (Å²) in [5.74, 6) is -0.0376. The maximum Gasteiger partial charge on any atom is 0.246 e. The third-order valence-electron chi connectivity index (χ3n) is 1.44. The van der Waals surface area contributed by atoms with Crippen molar-refractivity contribution in [2.75, 3.05) is 13.2 Å². The van der Waals surface area contributed by atoms with Crippen LogP contribution in [0.2, 0.25) is 0 Å². The van der Waals surface area contributed by atoms with E-state index in [4.69, 9.17) is 4.74 Å². The van der Waals surface area contributed by atoms with Crippen molar-refractivity contribution in [2.45, 2.75) is 12.5 Å². The normalized spacial score (nSPS) is 26.8. The molecule has 0 aromatic carbocycles. The molecule has 0 spiro atoms. The van der Waals surface area contributed by atoms with Crippen LogP contribution < -0.4 is 5.32 Å². The zero-order valence-corrected chi connectivity index (χ0v) is 5.80. The predicted octanol–water partition coefficient (Wildman–Crippen LogP) is 0.0775. The van der Waals surface area contributed by atoms with Gasteiger partial charge in [0.15, 0.2) is 0 Å². The highest BCUT2D eigenvalue weighted by atomic mass is 16.5. The van der Waals surface area contributed by atoms with E-state index in [9.17, 15) is 4.79 Å². The van der Waals surface area contributed by atoms with Crippen LogP contribution in [-0.2, 0) is 9.53 Å². The van der Waals surface area contributed by atoms with E-state index in [1.54, 1.807) is 6.08 Å². The summed E-state index contributed by atoms with van der Waals surface area (Å²) in [6.07, 6.45) is 2.59. The maximum absolute atomic E-state index is 10.7. The summed E-state index contributed by atoms with van der Waals surface area (Å²) >= 11 is 0. The van der Waals surface area contributed by atoms with Gasteiger partial charge in [-0.25, -0.2) is 0 Å². The molecule has 1 unspecified atom stereocenters. The molecule has 1 rings (SSSR count). The van der Waals surface area contributed by atoms with Crippen LogP contribution in [0.5, 0.6) is 0 Å². The molecule has 0 saturated carbocycles. The second-order valence-electron chi connectivity index (χ2n) is 2.22. The fraction of sp³-hybridized carbons (Fsp3) is 0.571. The van der Waals surface area contributed by atoms with Gasteiger partial charge in [0, 0.05) is 6.54 Å². The standard InChI is InChI=1S/C7H11NO2/c1-2-6-3-4-8-7(9)5-10-6/h2,6H,1,3-5H2,(H,8,9). The van der Waals surface area contributed by atoms with Crippen molar-refractivity contribution in [3.05, 3.63) is 12.7 Å². The van der Waals surface area contributed by atoms with E-state index in [-0.39, 0.29) is 18.6 Å². The molecule has 1 atom stereocenters. The minimum absolute atomic E-state index is 0.0376. The Balaban J connectivity index is 2.40. The summed E-state index contributed by atoms with van der Waals surface area (Å²) in [6.45, 7) is 4.44. The van der Waals surface area contributed by atoms with E-state index in [1.165, 1.54) is 0 Å². The lowest BCUT2D eigenvalue weighted by Gasteiger charge is -2.05. The Bertz CT molecular complexity index is 145. The molecular weight excluding hydrogens is 130 g/mol. The van der Waals surface area contributed by atoms with Crippen LogP contribution in [0, 0.1) is 0 Å². The van der Waals surface area contributed by atoms with Crippen LogP contribution in [-0.4, -0.2) is 25.2 Å². The lowest BCUT2D eigenvalue weighted by Crippen LogP contribution is -2.24. The molecular formula is C7H11NO2. The number of amides is 1. The molecule has 3 heteroatoms. The lowest BCUT2D eigenvalue weighted by atomic mass is 10.2. The van der Waals surface area contributed by atoms with Crippen molar-refractivity contribution in [3.8, 4) is 0 Å². The van der Waals surface area contributed by atoms with Crippen molar-refractivity contribution < 1.29 is 9.53 Å². The van der Waals surface area contributed by atoms with Gasteiger partial charge in [-0.3, -0.25) is 4.79 Å². The Hall–Kier alpha value is -0.830. The fourth-order valence-electron chi connectivity index (χ4n) is 0.857. The number of hydrogen-bond donors (Lipinski definition) is 1. The minimum atomic E-state index is -0.0376. The van der Waals surface area contributed by atoms with E-state index >= 15 is 0 Å². The van der Waals surface area contributed by atoms with Crippen LogP contribution in [0.3, 0.4) is 0 Å². The van der Waals surface area contributed by atoms with E-state index < -0.39 is 0 Å². The molecule has 10 heavy (non-hydrogen) atoms. The van der Waals surface area contributed by atoms with Crippen LogP contribution in [0.4, 0.5) is 0 Å². The second kappa shape index (κ2) is 3.37. The second-order valence-corrected chi connectivity index (χ2v) is 2.22. The maximum atomic E-state index is 10.7. The SMILES string of the molecule is C=CC1CCNC(=O)CO1. The summed E-state index contributed by atoms with van der Waals surface area (Å²) in [4.78, 5) is 10.7. The number of carbonyl (C=O) groups excluding carboxylic acids is 1. The number of carbonyl (C=O) groups is 1. The molecule has 0 bridgehead atoms. The van der Waals surface area contributed by atoms with Gasteiger partial charge in [0.1, 0.15) is 6.61 Å². The number of ether oxygens (including phenoxy) is 1. The average Bonchev–Trinajstić information content (AvgIpc) is 2.14. The van der Waals surface area contributed by atoms with Crippen molar-refractivity contribution in [1.82, 2.24) is 5.32 Å². The zero-order valence-electron chi connectivity index (χ0n) is 5.80. The van der Waals surface area contributed by atoms with Crippen molar-refractivity contribution in [1.29, 1.82) is 0 Å². The lowest BCUT2D eigenvalue weighted by molar-refractivity contribution is -0.125. The average molecular weight is 141 g/mol. The van der Waals surface area contributed by atoms with Crippen LogP contribution >= 0.6 is 0 Å². The highest BCUT2D eigenvalue weighted by Crippen LogP contribution is 2.01. The molecule has 0 aliphatic carbocycles. The topological polar surface area (TPSA) is 38.3 Å². The zero-order chi connectivity index (χ0) is 7.40. The molecule has 1 saturated heterocycles. The van der Waals surface area contributed by atoms with Crippen molar-refractivity contribution in [3.63, 3.8) is 0 Å². The summed E-state index contributed by atoms with van der Waals surface area (Å²) in [6, 6.07) is 0. The van der Waals surface area contributed by atoms with E-state index in [1.807, 2.05) is 0 Å². The molecule has 0 aromatic heterocycles. The van der Waals surface area contributed by atoms with Gasteiger partial charge in [0.05, 0.1) is 6.10 Å². The number of nitrogens with one attached hydrogen (secondary N) is 1. The van der Waals surface area contributed by atoms with Crippen molar-refractivity contribution in [2.24, 2.45) is 0 Å². The Morgan fingerprint density at radius 1 is 1.80 bits per heavy atom. The summed E-state index contributed by atoms with van der Waals surface area (Å²) < 4.78 is 5.13. The first-order chi connectivity index (χ1) is 4.83. The molecule has 1 amide bonds. The van der Waals surface area contributed by atoms with Crippen LogP contribution in [0.1, 0.15) is 6.42 Å². The van der Waals surface area contributed by atoms with Gasteiger partial charge in [-0.05, 0) is 6.42 Å². The minimum Gasteiger partial charge on any atom is -0.364 e. The molecule has 56 valence electrons. The summed E-state index contributed by atoms with van der Waals surface area (Å²) in [5.41, 5.74) is 0. The first kappa shape index (κ1) is 7.28. The molecule has 1 aliphatic rings. The van der Waals surface area contributed by atoms with Gasteiger partial charge < -0.3 is 10.1 Å². The van der Waals surface area contributed by atoms with Gasteiger partial charge >= 0.3 is 0 Å². The highest BCUT2D eigenvalue weighted by Gasteiger charge is 2.12. The van der Waals surface area contributed by atoms with E-state index in [2.05, 4.69) is 11.9 Å². The number of hydrogen-bond acceptors (Lipinski definition) is 2. The van der Waals surface area contributed by atoms with Crippen LogP contribution in [0.25, 0.3) is 0 Å². The largest absolute Gasteiger partial charge is 0.364 e. The number of rotatable bonds is 1. The van der Waals surface area contributed by atoms with Gasteiger partial charge in [-0.2, -0.15) is 0 Å². The molecule has 1 heterocycles. The van der Waals surface area contributed by atoms with E-state index in [0.29, 0.717) is 6.54 Å². The fourth-order valence-corrected chi connectivity index (χ4v) is 0.857. The van der Waals surface area contributed by atoms with Gasteiger partial charge in [-0.15, -0.1) is 6.58 Å². The van der Waals surface area contributed by atoms with Gasteiger partial charge in [0.2, 0.25) is 5.91 Å². The van der Waals surface area contributed by atoms with Gasteiger partial charge in [0.25, 0.3) is 0 Å². The first-order valence-corrected chi connectivity index (χ1v) is 3.34. The predicted molar refractivity (Wildman–Crippen MR) is 37.6 cm³/mol. The Morgan fingerprint density at radius 2 is 2.60 bits per heavy atom. The molecule has 1 fully saturated rings. The third kappa shape index (κ3) is 1.84. The Kier molecular flexibility index (Phi) is 2.45. The van der Waals surface area contributed by atoms with Crippen LogP contribution in [0.15, 0.2) is 12.7 Å². The monoisotopic (exact) mass is 141 g/mol.